The summed E-state index contributed by atoms with van der Waals surface area (Å²) in [6, 6.07) is 4.98. The van der Waals surface area contributed by atoms with Gasteiger partial charge in [-0.25, -0.2) is 18.7 Å². The molecule has 1 aromatic heterocycles. The number of fused-ring (bicyclic) bond motifs is 1. The van der Waals surface area contributed by atoms with Crippen LogP contribution in [-0.4, -0.2) is 116 Å². The molecule has 4 fully saturated rings. The Morgan fingerprint density at radius 3 is 2.38 bits per heavy atom. The van der Waals surface area contributed by atoms with Crippen molar-refractivity contribution in [1.82, 2.24) is 30.1 Å². The Bertz CT molecular complexity index is 1940. The molecular formula is C38H54N6O10S. The van der Waals surface area contributed by atoms with E-state index in [1.54, 1.807) is 47.1 Å². The molecule has 0 radical (unpaired) electrons. The smallest absolute Gasteiger partial charge is 0.408 e. The number of hydrogen-bond acceptors (Lipinski definition) is 12. The van der Waals surface area contributed by atoms with Crippen LogP contribution < -0.4 is 24.8 Å². The number of amides is 4. The number of carbonyl (C=O) groups excluding carboxylic acids is 4. The monoisotopic (exact) mass is 786 g/mol. The number of pyridine rings is 1. The summed E-state index contributed by atoms with van der Waals surface area (Å²) in [5.74, 6) is -1.52. The third-order valence-electron chi connectivity index (χ3n) is 11.0. The summed E-state index contributed by atoms with van der Waals surface area (Å²) in [6.07, 6.45) is 3.32. The first-order valence-corrected chi connectivity index (χ1v) is 20.3. The predicted molar refractivity (Wildman–Crippen MR) is 201 cm³/mol. The van der Waals surface area contributed by atoms with Crippen LogP contribution in [0.5, 0.6) is 11.6 Å². The van der Waals surface area contributed by atoms with Crippen molar-refractivity contribution in [2.45, 2.75) is 114 Å². The zero-order chi connectivity index (χ0) is 40.1. The summed E-state index contributed by atoms with van der Waals surface area (Å²) in [6.45, 7) is 9.38. The largest absolute Gasteiger partial charge is 0.497 e. The van der Waals surface area contributed by atoms with Gasteiger partial charge in [-0.05, 0) is 94.1 Å². The number of benzene rings is 1. The number of likely N-dealkylation sites (N-methyl/N-ethyl adjacent to an activating group) is 1. The molecule has 0 bridgehead atoms. The maximum absolute atomic E-state index is 14.7. The van der Waals surface area contributed by atoms with E-state index >= 15 is 0 Å². The number of aromatic nitrogens is 1. The molecule has 5 atom stereocenters. The second-order valence-electron chi connectivity index (χ2n) is 17.1. The average Bonchev–Trinajstić information content (AvgIpc) is 4.06. The molecule has 1 aromatic carbocycles. The van der Waals surface area contributed by atoms with Gasteiger partial charge in [0.15, 0.2) is 0 Å². The molecular weight excluding hydrogens is 733 g/mol. The zero-order valence-electron chi connectivity index (χ0n) is 32.9. The lowest BCUT2D eigenvalue weighted by atomic mass is 9.85. The maximum Gasteiger partial charge on any atom is 0.408 e. The Kier molecular flexibility index (Phi) is 10.8. The van der Waals surface area contributed by atoms with Crippen molar-refractivity contribution in [3.8, 4) is 11.6 Å². The van der Waals surface area contributed by atoms with E-state index in [1.165, 1.54) is 4.90 Å². The molecule has 16 nitrogen and oxygen atoms in total. The van der Waals surface area contributed by atoms with Gasteiger partial charge in [-0.15, -0.1) is 0 Å². The van der Waals surface area contributed by atoms with E-state index in [1.807, 2.05) is 48.8 Å². The van der Waals surface area contributed by atoms with E-state index < -0.39 is 74.5 Å². The highest BCUT2D eigenvalue weighted by molar-refractivity contribution is 7.85. The minimum absolute atomic E-state index is 0.0211. The van der Waals surface area contributed by atoms with Crippen LogP contribution in [0.2, 0.25) is 0 Å². The molecule has 4 aliphatic rings. The van der Waals surface area contributed by atoms with Gasteiger partial charge in [-0.1, -0.05) is 34.1 Å². The van der Waals surface area contributed by atoms with Gasteiger partial charge in [0.1, 0.15) is 35.1 Å². The summed E-state index contributed by atoms with van der Waals surface area (Å²) in [4.78, 5) is 63.8. The molecule has 6 rings (SSSR count). The fourth-order valence-electron chi connectivity index (χ4n) is 7.41. The van der Waals surface area contributed by atoms with Crippen LogP contribution in [0.3, 0.4) is 0 Å². The van der Waals surface area contributed by atoms with E-state index in [2.05, 4.69) is 15.6 Å². The summed E-state index contributed by atoms with van der Waals surface area (Å²) in [5, 5.41) is 7.13. The van der Waals surface area contributed by atoms with Crippen molar-refractivity contribution < 1.29 is 46.0 Å². The molecule has 1 saturated heterocycles. The zero-order valence-corrected chi connectivity index (χ0v) is 33.7. The number of rotatable bonds is 15. The van der Waals surface area contributed by atoms with E-state index in [0.717, 1.165) is 5.39 Å². The van der Waals surface area contributed by atoms with Gasteiger partial charge >= 0.3 is 16.4 Å². The molecule has 2 heterocycles. The molecule has 55 heavy (non-hydrogen) atoms. The third kappa shape index (κ3) is 9.10. The van der Waals surface area contributed by atoms with Crippen molar-refractivity contribution in [3.05, 3.63) is 30.5 Å². The fraction of sp³-hybridized carbons (Fsp3) is 0.658. The molecule has 302 valence electrons. The van der Waals surface area contributed by atoms with Gasteiger partial charge in [0.25, 0.3) is 5.91 Å². The van der Waals surface area contributed by atoms with Crippen molar-refractivity contribution in [3.63, 3.8) is 0 Å². The molecule has 4 amide bonds. The quantitative estimate of drug-likeness (QED) is 0.239. The van der Waals surface area contributed by atoms with E-state index in [-0.39, 0.29) is 25.3 Å². The second kappa shape index (κ2) is 14.7. The summed E-state index contributed by atoms with van der Waals surface area (Å²) in [5.41, 5.74) is -3.85. The van der Waals surface area contributed by atoms with E-state index in [9.17, 15) is 27.6 Å². The Morgan fingerprint density at radius 2 is 1.80 bits per heavy atom. The van der Waals surface area contributed by atoms with Crippen LogP contribution >= 0.6 is 0 Å². The summed E-state index contributed by atoms with van der Waals surface area (Å²) in [7, 11) is 0.901. The Morgan fingerprint density at radius 1 is 1.09 bits per heavy atom. The van der Waals surface area contributed by atoms with Crippen LogP contribution in [-0.2, 0) is 33.6 Å². The van der Waals surface area contributed by atoms with Crippen LogP contribution in [0, 0.1) is 11.3 Å². The van der Waals surface area contributed by atoms with Crippen LogP contribution in [0.4, 0.5) is 4.79 Å². The number of alkyl carbamates (subject to hydrolysis) is 1. The number of carbonyl (C=O) groups is 4. The maximum atomic E-state index is 14.7. The lowest BCUT2D eigenvalue weighted by Gasteiger charge is -2.35. The highest BCUT2D eigenvalue weighted by Gasteiger charge is 2.62. The number of nitrogens with one attached hydrogen (secondary N) is 3. The number of likely N-dealkylation sites (tertiary alicyclic amines) is 1. The highest BCUT2D eigenvalue weighted by atomic mass is 32.2. The summed E-state index contributed by atoms with van der Waals surface area (Å²) >= 11 is 0. The first-order chi connectivity index (χ1) is 25.7. The van der Waals surface area contributed by atoms with Crippen LogP contribution in [0.15, 0.2) is 30.5 Å². The SMILES string of the molecule is CC[C@H]1C[C@]1(NC(=O)C1CC(Oc2nccc3cc(OC)ccc23)CN1C(=O)C(NC(=O)OC1(CN(C)C)CC1)C(C)(C)C)C(=O)NS(=O)(=O)OC1(C)CC1. The first kappa shape index (κ1) is 40.4. The van der Waals surface area contributed by atoms with E-state index in [0.29, 0.717) is 55.7 Å². The number of nitrogens with zero attached hydrogens (tertiary/aromatic N) is 3. The van der Waals surface area contributed by atoms with Crippen LogP contribution in [0.25, 0.3) is 10.8 Å². The minimum Gasteiger partial charge on any atom is -0.497 e. The lowest BCUT2D eigenvalue weighted by molar-refractivity contribution is -0.143. The molecule has 0 spiro atoms. The predicted octanol–water partition coefficient (Wildman–Crippen LogP) is 3.04. The van der Waals surface area contributed by atoms with Gasteiger partial charge in [0, 0.05) is 24.5 Å². The highest BCUT2D eigenvalue weighted by Crippen LogP contribution is 2.47. The lowest BCUT2D eigenvalue weighted by Crippen LogP contribution is -2.60. The number of methoxy groups -OCH3 is 1. The van der Waals surface area contributed by atoms with Gasteiger partial charge in [-0.3, -0.25) is 14.4 Å². The molecule has 17 heteroatoms. The Labute approximate surface area is 322 Å². The minimum atomic E-state index is -4.46. The Hall–Kier alpha value is -4.22. The molecule has 1 aliphatic heterocycles. The Balaban J connectivity index is 1.26. The molecule has 2 aromatic rings. The molecule has 3 saturated carbocycles. The second-order valence-corrected chi connectivity index (χ2v) is 18.4. The average molecular weight is 787 g/mol. The van der Waals surface area contributed by atoms with Gasteiger partial charge in [0.2, 0.25) is 17.7 Å². The molecule has 3 aliphatic carbocycles. The molecule has 3 unspecified atom stereocenters. The normalized spacial score (nSPS) is 25.5. The molecule has 3 N–H and O–H groups in total. The van der Waals surface area contributed by atoms with Crippen molar-refractivity contribution in [1.29, 1.82) is 0 Å². The van der Waals surface area contributed by atoms with E-state index in [4.69, 9.17) is 18.4 Å². The summed E-state index contributed by atoms with van der Waals surface area (Å²) < 4.78 is 50.5. The first-order valence-electron chi connectivity index (χ1n) is 18.8. The van der Waals surface area contributed by atoms with Crippen molar-refractivity contribution in [2.24, 2.45) is 11.3 Å². The fourth-order valence-corrected chi connectivity index (χ4v) is 8.56. The van der Waals surface area contributed by atoms with Crippen molar-refractivity contribution >= 4 is 44.9 Å². The van der Waals surface area contributed by atoms with Crippen molar-refractivity contribution in [2.75, 3.05) is 34.3 Å². The topological polar surface area (TPSA) is 195 Å². The van der Waals surface area contributed by atoms with Gasteiger partial charge in [0.05, 0.1) is 19.3 Å². The third-order valence-corrected chi connectivity index (χ3v) is 12.0. The van der Waals surface area contributed by atoms with Gasteiger partial charge in [-0.2, -0.15) is 8.42 Å². The number of ether oxygens (including phenoxy) is 3. The van der Waals surface area contributed by atoms with Gasteiger partial charge < -0.3 is 34.6 Å². The number of hydrogen-bond donors (Lipinski definition) is 3. The standard InChI is InChI=1S/C38H54N6O10S/c1-9-24-20-38(24,33(47)42-55(49,50)54-36(5)13-14-36)41-30(45)28-19-26(52-31-27-11-10-25(51-8)18-23(27)12-17-39-31)21-44(28)32(46)29(35(2,3)4)40-34(48)53-37(15-16-37)22-43(6)7/h10-12,17-18,24,26,28-29H,9,13-16,19-22H2,1-8H3,(H,40,48)(H,41,45)(H,42,47)/t24-,26?,28?,29?,38+/m0/s1. The van der Waals surface area contributed by atoms with Crippen LogP contribution in [0.1, 0.15) is 79.6 Å².